The van der Waals surface area contributed by atoms with Crippen molar-refractivity contribution in [3.05, 3.63) is 201 Å². The largest absolute Gasteiger partial charge is 0.404 e. The maximum Gasteiger partial charge on any atom is 0.392 e. The highest BCUT2D eigenvalue weighted by atomic mass is 19.2. The Morgan fingerprint density at radius 3 is 1.15 bits per heavy atom. The van der Waals surface area contributed by atoms with Gasteiger partial charge >= 0.3 is 5.88 Å². The first-order valence-electron chi connectivity index (χ1n) is 18.3. The highest BCUT2D eigenvalue weighted by Gasteiger charge is 2.52. The van der Waals surface area contributed by atoms with Gasteiger partial charge in [0.05, 0.1) is 6.20 Å². The van der Waals surface area contributed by atoms with Gasteiger partial charge in [0, 0.05) is 5.56 Å². The first-order chi connectivity index (χ1) is 31.9. The molecule has 0 aliphatic carbocycles. The van der Waals surface area contributed by atoms with Gasteiger partial charge in [-0.25, -0.2) is 92.8 Å². The summed E-state index contributed by atoms with van der Waals surface area (Å²) in [6.07, 6.45) is -2.22. The predicted molar refractivity (Wildman–Crippen MR) is 196 cm³/mol. The topological polar surface area (TPSA) is 43.1 Å². The van der Waals surface area contributed by atoms with Crippen LogP contribution >= 0.6 is 0 Å². The third-order valence-electron chi connectivity index (χ3n) is 10.1. The van der Waals surface area contributed by atoms with E-state index in [1.54, 1.807) is 23.2 Å². The van der Waals surface area contributed by atoms with Crippen LogP contribution in [0.5, 0.6) is 11.6 Å². The summed E-state index contributed by atoms with van der Waals surface area (Å²) in [5.74, 6) is -70.1. The number of carbonyl (C=O) groups is 1. The smallest absolute Gasteiger partial charge is 0.392 e. The average molecular weight is 984 g/mol. The summed E-state index contributed by atoms with van der Waals surface area (Å²) < 4.78 is 302. The van der Waals surface area contributed by atoms with Gasteiger partial charge in [-0.1, -0.05) is 42.5 Å². The lowest BCUT2D eigenvalue weighted by atomic mass is 9.12. The first-order valence-corrected chi connectivity index (χ1v) is 18.3. The Hall–Kier alpha value is -7.47. The highest BCUT2D eigenvalue weighted by molar-refractivity contribution is 7.20. The highest BCUT2D eigenvalue weighted by Crippen LogP contribution is 2.31. The SMILES string of the molecule is Cc1cccc(Oc2cncc[n+]2CC(=O)c2ccccc2)c1.Fc1c(F)c(F)c([B-](c2c(F)c(F)c(F)c(F)c2F)(c2c(F)c(F)c(F)c(F)c2F)c2c(F)c(F)c(F)c(F)c2F)c(F)c1F. The minimum atomic E-state index is -7.22. The standard InChI is InChI=1S/C24BF20.C19H17N2O2/c26-5-1(6(27)14(35)21(42)13(5)34)25(2-7(28)15(36)22(43)16(37)8(2)29,3-9(30)17(38)23(44)18(39)10(3)31)4-11(32)19(40)24(45)20(41)12(4)33;1-15-6-5-9-17(12-15)23-19-13-20-10-11-21(19)14-18(22)16-7-3-2-4-8-16/h;2-13H,14H2,1H3/q-1;+1. The molecule has 1 aromatic heterocycles. The first kappa shape index (κ1) is 50.0. The minimum Gasteiger partial charge on any atom is -0.404 e. The average Bonchev–Trinajstić information content (AvgIpc) is 3.32. The molecule has 0 spiro atoms. The van der Waals surface area contributed by atoms with Gasteiger partial charge in [-0.15, -0.1) is 21.9 Å². The van der Waals surface area contributed by atoms with Crippen molar-refractivity contribution >= 4 is 33.8 Å². The lowest BCUT2D eigenvalue weighted by molar-refractivity contribution is -0.687. The molecule has 25 heteroatoms. The predicted octanol–water partition coefficient (Wildman–Crippen LogP) is 9.20. The molecule has 7 rings (SSSR count). The Morgan fingerprint density at radius 1 is 0.471 bits per heavy atom. The molecule has 0 aliphatic heterocycles. The van der Waals surface area contributed by atoms with E-state index in [-0.39, 0.29) is 12.3 Å². The molecular formula is C43H17BF20N2O2. The quantitative estimate of drug-likeness (QED) is 0.0362. The molecule has 0 bridgehead atoms. The van der Waals surface area contributed by atoms with Crippen LogP contribution in [0.2, 0.25) is 0 Å². The monoisotopic (exact) mass is 984 g/mol. The molecule has 0 amide bonds. The van der Waals surface area contributed by atoms with E-state index in [2.05, 4.69) is 4.98 Å². The van der Waals surface area contributed by atoms with Gasteiger partial charge in [0.25, 0.3) is 0 Å². The molecule has 0 radical (unpaired) electrons. The zero-order valence-corrected chi connectivity index (χ0v) is 33.0. The molecule has 68 heavy (non-hydrogen) atoms. The van der Waals surface area contributed by atoms with Crippen LogP contribution in [0.1, 0.15) is 15.9 Å². The molecule has 0 aliphatic rings. The van der Waals surface area contributed by atoms with E-state index < -0.39 is 144 Å². The van der Waals surface area contributed by atoms with Crippen molar-refractivity contribution in [2.45, 2.75) is 13.5 Å². The molecule has 7 aromatic rings. The van der Waals surface area contributed by atoms with E-state index in [1.165, 1.54) is 0 Å². The molecular weight excluding hydrogens is 967 g/mol. The number of Topliss-reactive ketones (excluding diaryl/α,β-unsaturated/α-hetero) is 1. The van der Waals surface area contributed by atoms with E-state index in [1.807, 2.05) is 61.5 Å². The zero-order valence-electron chi connectivity index (χ0n) is 33.0. The summed E-state index contributed by atoms with van der Waals surface area (Å²) in [6.45, 7) is 2.21. The Kier molecular flexibility index (Phi) is 14.0. The molecule has 0 unspecified atom stereocenters. The minimum absolute atomic E-state index is 0.0240. The van der Waals surface area contributed by atoms with Crippen LogP contribution in [0.3, 0.4) is 0 Å². The van der Waals surface area contributed by atoms with Gasteiger partial charge in [-0.2, -0.15) is 4.57 Å². The van der Waals surface area contributed by atoms with Crippen LogP contribution in [-0.4, -0.2) is 16.9 Å². The number of nitrogens with zero attached hydrogens (tertiary/aromatic N) is 2. The van der Waals surface area contributed by atoms with Crippen LogP contribution in [0, 0.1) is 123 Å². The second-order valence-electron chi connectivity index (χ2n) is 14.1. The summed E-state index contributed by atoms with van der Waals surface area (Å²) in [7, 11) is 0. The summed E-state index contributed by atoms with van der Waals surface area (Å²) in [5, 5.41) is 0. The summed E-state index contributed by atoms with van der Waals surface area (Å²) >= 11 is 0. The molecule has 0 N–H and O–H groups in total. The molecule has 0 saturated carbocycles. The maximum atomic E-state index is 15.4. The second-order valence-corrected chi connectivity index (χ2v) is 14.1. The maximum absolute atomic E-state index is 15.4. The van der Waals surface area contributed by atoms with Crippen molar-refractivity contribution < 1.29 is 102 Å². The number of carbonyl (C=O) groups excluding carboxylic acids is 1. The van der Waals surface area contributed by atoms with Crippen molar-refractivity contribution in [1.82, 2.24) is 4.98 Å². The van der Waals surface area contributed by atoms with Gasteiger partial charge < -0.3 is 4.74 Å². The van der Waals surface area contributed by atoms with Crippen LogP contribution < -0.4 is 31.2 Å². The van der Waals surface area contributed by atoms with Crippen LogP contribution in [0.4, 0.5) is 87.8 Å². The number of halogens is 20. The number of ether oxygens (including phenoxy) is 1. The molecule has 354 valence electrons. The van der Waals surface area contributed by atoms with E-state index in [0.29, 0.717) is 11.4 Å². The Labute approximate surface area is 366 Å². The van der Waals surface area contributed by atoms with Gasteiger partial charge in [-0.05, 0) is 24.6 Å². The Bertz CT molecular complexity index is 2790. The third kappa shape index (κ3) is 8.22. The van der Waals surface area contributed by atoms with E-state index >= 15 is 35.1 Å². The zero-order chi connectivity index (χ0) is 50.4. The molecule has 0 fully saturated rings. The number of hydrogen-bond acceptors (Lipinski definition) is 3. The molecule has 6 aromatic carbocycles. The fraction of sp³-hybridized carbons (Fsp3) is 0.0465. The summed E-state index contributed by atoms with van der Waals surface area (Å²) in [6, 6.07) is 17.0. The number of aromatic nitrogens is 2. The molecule has 4 nitrogen and oxygen atoms in total. The fourth-order valence-electron chi connectivity index (χ4n) is 7.13. The lowest BCUT2D eigenvalue weighted by Crippen LogP contribution is -2.81. The van der Waals surface area contributed by atoms with Gasteiger partial charge in [0.1, 0.15) is 64.6 Å². The van der Waals surface area contributed by atoms with E-state index in [0.717, 1.165) is 11.3 Å². The molecule has 1 heterocycles. The number of rotatable bonds is 9. The Morgan fingerprint density at radius 2 is 0.809 bits per heavy atom. The lowest BCUT2D eigenvalue weighted by Gasteiger charge is -2.44. The third-order valence-corrected chi connectivity index (χ3v) is 10.1. The van der Waals surface area contributed by atoms with E-state index in [4.69, 9.17) is 4.74 Å². The normalized spacial score (nSPS) is 11.4. The van der Waals surface area contributed by atoms with Crippen LogP contribution in [0.25, 0.3) is 0 Å². The fourth-order valence-corrected chi connectivity index (χ4v) is 7.13. The van der Waals surface area contributed by atoms with Crippen LogP contribution in [0.15, 0.2) is 73.2 Å². The Balaban J connectivity index is 0.000000276. The number of benzene rings is 6. The van der Waals surface area contributed by atoms with Crippen LogP contribution in [-0.2, 0) is 6.54 Å². The number of hydrogen-bond donors (Lipinski definition) is 0. The van der Waals surface area contributed by atoms with Crippen molar-refractivity contribution in [2.24, 2.45) is 0 Å². The van der Waals surface area contributed by atoms with E-state index in [9.17, 15) is 57.5 Å². The van der Waals surface area contributed by atoms with Gasteiger partial charge in [0.2, 0.25) is 12.3 Å². The molecule has 0 atom stereocenters. The van der Waals surface area contributed by atoms with Gasteiger partial charge in [0.15, 0.2) is 76.0 Å². The molecule has 0 saturated heterocycles. The van der Waals surface area contributed by atoms with Gasteiger partial charge in [-0.3, -0.25) is 4.79 Å². The van der Waals surface area contributed by atoms with Crippen molar-refractivity contribution in [3.63, 3.8) is 0 Å². The second kappa shape index (κ2) is 19.0. The van der Waals surface area contributed by atoms with Crippen molar-refractivity contribution in [1.29, 1.82) is 0 Å². The number of aryl methyl sites for hydroxylation is 1. The summed E-state index contributed by atoms with van der Waals surface area (Å²) in [5.41, 5.74) is -12.5. The van der Waals surface area contributed by atoms with Crippen molar-refractivity contribution in [3.8, 4) is 11.6 Å². The summed E-state index contributed by atoms with van der Waals surface area (Å²) in [4.78, 5) is 16.5. The van der Waals surface area contributed by atoms with Crippen molar-refractivity contribution in [2.75, 3.05) is 0 Å². The number of ketones is 1.